The molecule has 0 saturated carbocycles. The third-order valence-corrected chi connectivity index (χ3v) is 2.69. The fourth-order valence-corrected chi connectivity index (χ4v) is 1.97. The van der Waals surface area contributed by atoms with Crippen LogP contribution in [-0.4, -0.2) is 35.0 Å². The summed E-state index contributed by atoms with van der Waals surface area (Å²) in [5.74, 6) is 0.697. The van der Waals surface area contributed by atoms with Crippen molar-refractivity contribution in [3.63, 3.8) is 0 Å². The minimum atomic E-state index is -0.495. The molecule has 1 aromatic rings. The van der Waals surface area contributed by atoms with Crippen molar-refractivity contribution >= 4 is 11.9 Å². The number of amides is 1. The highest BCUT2D eigenvalue weighted by molar-refractivity contribution is 6.07. The second-order valence-electron chi connectivity index (χ2n) is 5.76. The summed E-state index contributed by atoms with van der Waals surface area (Å²) in [4.78, 5) is 18.4. The number of hydrogen-bond acceptors (Lipinski definition) is 3. The van der Waals surface area contributed by atoms with Crippen LogP contribution >= 0.6 is 0 Å². The number of amidine groups is 1. The van der Waals surface area contributed by atoms with Gasteiger partial charge in [-0.1, -0.05) is 30.3 Å². The van der Waals surface area contributed by atoms with Gasteiger partial charge in [-0.25, -0.2) is 4.79 Å². The normalized spacial score (nSPS) is 19.3. The van der Waals surface area contributed by atoms with E-state index in [1.54, 1.807) is 4.90 Å². The average molecular weight is 260 g/mol. The maximum Gasteiger partial charge on any atom is 0.416 e. The van der Waals surface area contributed by atoms with Crippen molar-refractivity contribution in [3.05, 3.63) is 35.9 Å². The van der Waals surface area contributed by atoms with Gasteiger partial charge < -0.3 is 4.74 Å². The van der Waals surface area contributed by atoms with E-state index in [2.05, 4.69) is 4.99 Å². The summed E-state index contributed by atoms with van der Waals surface area (Å²) in [5, 5.41) is 0. The van der Waals surface area contributed by atoms with Crippen molar-refractivity contribution < 1.29 is 9.53 Å². The summed E-state index contributed by atoms with van der Waals surface area (Å²) < 4.78 is 5.43. The Labute approximate surface area is 114 Å². The molecule has 0 aromatic heterocycles. The molecule has 1 amide bonds. The molecule has 1 atom stereocenters. The first-order chi connectivity index (χ1) is 8.87. The first-order valence-corrected chi connectivity index (χ1v) is 6.50. The Morgan fingerprint density at radius 2 is 1.95 bits per heavy atom. The van der Waals surface area contributed by atoms with E-state index in [4.69, 9.17) is 4.74 Å². The molecule has 0 bridgehead atoms. The number of ether oxygens (including phenoxy) is 1. The van der Waals surface area contributed by atoms with Crippen LogP contribution in [0.3, 0.4) is 0 Å². The van der Waals surface area contributed by atoms with E-state index in [1.165, 1.54) is 0 Å². The lowest BCUT2D eigenvalue weighted by molar-refractivity contribution is 0.0379. The molecule has 0 spiro atoms. The van der Waals surface area contributed by atoms with Crippen molar-refractivity contribution in [2.24, 2.45) is 4.99 Å². The van der Waals surface area contributed by atoms with Gasteiger partial charge in [0.1, 0.15) is 11.4 Å². The van der Waals surface area contributed by atoms with Gasteiger partial charge in [0.15, 0.2) is 0 Å². The number of hydrogen-bond donors (Lipinski definition) is 0. The van der Waals surface area contributed by atoms with Gasteiger partial charge in [-0.3, -0.25) is 9.89 Å². The van der Waals surface area contributed by atoms with E-state index in [0.717, 1.165) is 5.56 Å². The lowest BCUT2D eigenvalue weighted by atomic mass is 10.2. The third kappa shape index (κ3) is 3.34. The van der Waals surface area contributed by atoms with E-state index in [0.29, 0.717) is 12.4 Å². The van der Waals surface area contributed by atoms with Crippen molar-refractivity contribution in [1.29, 1.82) is 0 Å². The fourth-order valence-electron chi connectivity index (χ4n) is 1.97. The SMILES string of the molecule is C[C@H]1CN(C(=O)OC(C)(C)C)C(c2ccccc2)=N1. The summed E-state index contributed by atoms with van der Waals surface area (Å²) >= 11 is 0. The molecular formula is C15H20N2O2. The van der Waals surface area contributed by atoms with E-state index in [1.807, 2.05) is 58.0 Å². The van der Waals surface area contributed by atoms with Crippen LogP contribution in [-0.2, 0) is 4.74 Å². The molecule has 0 aliphatic carbocycles. The Morgan fingerprint density at radius 3 is 2.53 bits per heavy atom. The summed E-state index contributed by atoms with van der Waals surface area (Å²) in [6.07, 6.45) is -0.334. The molecule has 4 heteroatoms. The first kappa shape index (κ1) is 13.6. The maximum atomic E-state index is 12.2. The minimum absolute atomic E-state index is 0.0997. The zero-order chi connectivity index (χ0) is 14.0. The summed E-state index contributed by atoms with van der Waals surface area (Å²) in [7, 11) is 0. The molecule has 0 radical (unpaired) electrons. The second-order valence-corrected chi connectivity index (χ2v) is 5.76. The molecule has 0 fully saturated rings. The Balaban J connectivity index is 2.22. The Bertz CT molecular complexity index is 489. The molecule has 19 heavy (non-hydrogen) atoms. The Kier molecular flexibility index (Phi) is 3.60. The van der Waals surface area contributed by atoms with Crippen molar-refractivity contribution in [1.82, 2.24) is 4.90 Å². The third-order valence-electron chi connectivity index (χ3n) is 2.69. The average Bonchev–Trinajstić information content (AvgIpc) is 2.70. The monoisotopic (exact) mass is 260 g/mol. The molecule has 1 aliphatic heterocycles. The molecule has 0 saturated heterocycles. The number of carbonyl (C=O) groups excluding carboxylic acids is 1. The maximum absolute atomic E-state index is 12.2. The van der Waals surface area contributed by atoms with Crippen LogP contribution < -0.4 is 0 Å². The topological polar surface area (TPSA) is 41.9 Å². The zero-order valence-electron chi connectivity index (χ0n) is 11.9. The van der Waals surface area contributed by atoms with Crippen LogP contribution in [0.25, 0.3) is 0 Å². The van der Waals surface area contributed by atoms with E-state index in [-0.39, 0.29) is 12.1 Å². The quantitative estimate of drug-likeness (QED) is 0.778. The summed E-state index contributed by atoms with van der Waals surface area (Å²) in [5.41, 5.74) is 0.447. The van der Waals surface area contributed by atoms with Crippen LogP contribution in [0, 0.1) is 0 Å². The predicted molar refractivity (Wildman–Crippen MR) is 75.4 cm³/mol. The summed E-state index contributed by atoms with van der Waals surface area (Å²) in [6, 6.07) is 9.83. The van der Waals surface area contributed by atoms with Gasteiger partial charge in [-0.2, -0.15) is 0 Å². The molecule has 1 aromatic carbocycles. The van der Waals surface area contributed by atoms with Gasteiger partial charge in [0.05, 0.1) is 12.6 Å². The van der Waals surface area contributed by atoms with E-state index in [9.17, 15) is 4.79 Å². The van der Waals surface area contributed by atoms with Crippen LogP contribution in [0.2, 0.25) is 0 Å². The molecule has 4 nitrogen and oxygen atoms in total. The highest BCUT2D eigenvalue weighted by Gasteiger charge is 2.31. The van der Waals surface area contributed by atoms with Crippen LogP contribution in [0.4, 0.5) is 4.79 Å². The lowest BCUT2D eigenvalue weighted by Gasteiger charge is -2.25. The van der Waals surface area contributed by atoms with Gasteiger partial charge in [0.25, 0.3) is 0 Å². The van der Waals surface area contributed by atoms with E-state index >= 15 is 0 Å². The number of rotatable bonds is 1. The Morgan fingerprint density at radius 1 is 1.32 bits per heavy atom. The molecule has 1 heterocycles. The molecule has 0 unspecified atom stereocenters. The van der Waals surface area contributed by atoms with Crippen molar-refractivity contribution in [2.45, 2.75) is 39.3 Å². The largest absolute Gasteiger partial charge is 0.443 e. The molecule has 102 valence electrons. The van der Waals surface area contributed by atoms with E-state index < -0.39 is 5.60 Å². The highest BCUT2D eigenvalue weighted by atomic mass is 16.6. The highest BCUT2D eigenvalue weighted by Crippen LogP contribution is 2.19. The molecule has 2 rings (SSSR count). The first-order valence-electron chi connectivity index (χ1n) is 6.50. The summed E-state index contributed by atoms with van der Waals surface area (Å²) in [6.45, 7) is 8.16. The van der Waals surface area contributed by atoms with Gasteiger partial charge in [0, 0.05) is 5.56 Å². The molecule has 0 N–H and O–H groups in total. The van der Waals surface area contributed by atoms with Crippen molar-refractivity contribution in [2.75, 3.05) is 6.54 Å². The second kappa shape index (κ2) is 5.03. The minimum Gasteiger partial charge on any atom is -0.443 e. The lowest BCUT2D eigenvalue weighted by Crippen LogP contribution is -2.40. The smallest absolute Gasteiger partial charge is 0.416 e. The van der Waals surface area contributed by atoms with Gasteiger partial charge in [-0.05, 0) is 27.7 Å². The number of nitrogens with zero attached hydrogens (tertiary/aromatic N) is 2. The zero-order valence-corrected chi connectivity index (χ0v) is 11.9. The van der Waals surface area contributed by atoms with Crippen molar-refractivity contribution in [3.8, 4) is 0 Å². The number of carbonyl (C=O) groups is 1. The number of aliphatic imine (C=N–C) groups is 1. The van der Waals surface area contributed by atoms with Gasteiger partial charge >= 0.3 is 6.09 Å². The number of benzene rings is 1. The van der Waals surface area contributed by atoms with Crippen LogP contribution in [0.1, 0.15) is 33.3 Å². The predicted octanol–water partition coefficient (Wildman–Crippen LogP) is 3.07. The van der Waals surface area contributed by atoms with Gasteiger partial charge in [-0.15, -0.1) is 0 Å². The van der Waals surface area contributed by atoms with Gasteiger partial charge in [0.2, 0.25) is 0 Å². The van der Waals surface area contributed by atoms with Crippen LogP contribution in [0.15, 0.2) is 35.3 Å². The fraction of sp³-hybridized carbons (Fsp3) is 0.467. The molecule has 1 aliphatic rings. The van der Waals surface area contributed by atoms with Crippen LogP contribution in [0.5, 0.6) is 0 Å². The molecular weight excluding hydrogens is 240 g/mol. The standard InChI is InChI=1S/C15H20N2O2/c1-11-10-17(14(18)19-15(2,3)4)13(16-11)12-8-6-5-7-9-12/h5-9,11H,10H2,1-4H3/t11-/m0/s1. The Hall–Kier alpha value is -1.84.